The van der Waals surface area contributed by atoms with Crippen molar-refractivity contribution in [2.45, 2.75) is 31.0 Å². The Bertz CT molecular complexity index is 510. The van der Waals surface area contributed by atoms with Gasteiger partial charge in [-0.15, -0.1) is 34.7 Å². The third kappa shape index (κ3) is 2.19. The van der Waals surface area contributed by atoms with Gasteiger partial charge in [-0.05, 0) is 19.4 Å². The van der Waals surface area contributed by atoms with Crippen LogP contribution in [0.4, 0.5) is 0 Å². The number of hydrogen-bond donors (Lipinski definition) is 0. The van der Waals surface area contributed by atoms with Gasteiger partial charge in [0.25, 0.3) is 0 Å². The second-order valence-electron chi connectivity index (χ2n) is 3.72. The highest BCUT2D eigenvalue weighted by atomic mass is 35.5. The van der Waals surface area contributed by atoms with Gasteiger partial charge in [0.05, 0.1) is 0 Å². The summed E-state index contributed by atoms with van der Waals surface area (Å²) in [5.74, 6) is 0.637. The largest absolute Gasteiger partial charge is 0.229 e. The Morgan fingerprint density at radius 2 is 2.19 bits per heavy atom. The van der Waals surface area contributed by atoms with Crippen LogP contribution < -0.4 is 0 Å². The average molecular weight is 273 g/mol. The highest BCUT2D eigenvalue weighted by molar-refractivity contribution is 8.00. The Morgan fingerprint density at radius 3 is 2.88 bits per heavy atom. The Labute approximate surface area is 108 Å². The summed E-state index contributed by atoms with van der Waals surface area (Å²) in [5.41, 5.74) is 1.30. The molecule has 0 aliphatic heterocycles. The van der Waals surface area contributed by atoms with E-state index in [1.54, 1.807) is 29.4 Å². The maximum absolute atomic E-state index is 5.84. The lowest BCUT2D eigenvalue weighted by Gasteiger charge is -2.07. The second-order valence-corrected chi connectivity index (χ2v) is 6.66. The Balaban J connectivity index is 2.52. The van der Waals surface area contributed by atoms with E-state index < -0.39 is 0 Å². The number of aryl methyl sites for hydroxylation is 2. The van der Waals surface area contributed by atoms with Gasteiger partial charge in [-0.1, -0.05) is 6.92 Å². The lowest BCUT2D eigenvalue weighted by atomic mass is 10.2. The second kappa shape index (κ2) is 4.90. The maximum atomic E-state index is 5.84. The molecule has 2 aromatic rings. The van der Waals surface area contributed by atoms with Crippen molar-refractivity contribution in [3.8, 4) is 0 Å². The number of thiophene rings is 1. The molecule has 2 heterocycles. The Morgan fingerprint density at radius 1 is 1.44 bits per heavy atom. The molecule has 0 saturated carbocycles. The van der Waals surface area contributed by atoms with Crippen molar-refractivity contribution in [2.75, 3.05) is 5.88 Å². The van der Waals surface area contributed by atoms with Gasteiger partial charge in [-0.25, -0.2) is 9.97 Å². The van der Waals surface area contributed by atoms with E-state index in [1.165, 1.54) is 15.8 Å². The topological polar surface area (TPSA) is 25.8 Å². The third-order valence-corrected chi connectivity index (χ3v) is 5.32. The van der Waals surface area contributed by atoms with Gasteiger partial charge >= 0.3 is 0 Å². The van der Waals surface area contributed by atoms with Crippen LogP contribution in [0.25, 0.3) is 10.2 Å². The summed E-state index contributed by atoms with van der Waals surface area (Å²) in [5, 5.41) is 2.63. The van der Waals surface area contributed by atoms with E-state index in [0.717, 1.165) is 9.86 Å². The molecule has 0 fully saturated rings. The molecule has 2 nitrogen and oxygen atoms in total. The summed E-state index contributed by atoms with van der Waals surface area (Å²) < 4.78 is 0. The van der Waals surface area contributed by atoms with Crippen LogP contribution in [0, 0.1) is 13.8 Å². The SMILES string of the molecule is Cc1sc2ncnc(SC(C)CCl)c2c1C. The smallest absolute Gasteiger partial charge is 0.128 e. The van der Waals surface area contributed by atoms with Crippen LogP contribution in [-0.2, 0) is 0 Å². The molecule has 5 heteroatoms. The quantitative estimate of drug-likeness (QED) is 0.479. The van der Waals surface area contributed by atoms with Gasteiger partial charge in [0, 0.05) is 21.4 Å². The van der Waals surface area contributed by atoms with Gasteiger partial charge in [0.15, 0.2) is 0 Å². The molecule has 1 unspecified atom stereocenters. The molecule has 0 aliphatic rings. The standard InChI is InChI=1S/C11H13ClN2S2/c1-6(4-12)15-10-9-7(2)8(3)16-11(9)14-5-13-10/h5-6H,4H2,1-3H3. The molecule has 2 rings (SSSR count). The molecule has 0 radical (unpaired) electrons. The highest BCUT2D eigenvalue weighted by Gasteiger charge is 2.14. The first-order valence-corrected chi connectivity index (χ1v) is 7.30. The van der Waals surface area contributed by atoms with Crippen LogP contribution in [0.5, 0.6) is 0 Å². The van der Waals surface area contributed by atoms with Crippen LogP contribution in [0.15, 0.2) is 11.4 Å². The van der Waals surface area contributed by atoms with Crippen molar-refractivity contribution in [3.05, 3.63) is 16.8 Å². The number of fused-ring (bicyclic) bond motifs is 1. The van der Waals surface area contributed by atoms with Gasteiger partial charge < -0.3 is 0 Å². The van der Waals surface area contributed by atoms with Crippen LogP contribution in [0.1, 0.15) is 17.4 Å². The molecule has 0 spiro atoms. The molecule has 0 amide bonds. The molecule has 0 saturated heterocycles. The maximum Gasteiger partial charge on any atom is 0.128 e. The van der Waals surface area contributed by atoms with Crippen molar-refractivity contribution < 1.29 is 0 Å². The summed E-state index contributed by atoms with van der Waals surface area (Å²) in [6.07, 6.45) is 1.64. The van der Waals surface area contributed by atoms with E-state index in [2.05, 4.69) is 30.7 Å². The molecule has 0 aliphatic carbocycles. The molecule has 0 bridgehead atoms. The monoisotopic (exact) mass is 272 g/mol. The first-order valence-electron chi connectivity index (χ1n) is 5.06. The predicted octanol–water partition coefficient (Wildman–Crippen LogP) is 4.03. The van der Waals surface area contributed by atoms with Crippen molar-refractivity contribution in [1.82, 2.24) is 9.97 Å². The van der Waals surface area contributed by atoms with E-state index in [1.807, 2.05) is 0 Å². The van der Waals surface area contributed by atoms with Crippen molar-refractivity contribution >= 4 is 44.9 Å². The number of alkyl halides is 1. The van der Waals surface area contributed by atoms with Crippen LogP contribution in [0.2, 0.25) is 0 Å². The zero-order valence-electron chi connectivity index (χ0n) is 9.45. The fourth-order valence-electron chi connectivity index (χ4n) is 1.46. The van der Waals surface area contributed by atoms with Gasteiger partial charge in [0.1, 0.15) is 16.2 Å². The zero-order valence-corrected chi connectivity index (χ0v) is 11.8. The van der Waals surface area contributed by atoms with Crippen molar-refractivity contribution in [1.29, 1.82) is 0 Å². The summed E-state index contributed by atoms with van der Waals surface area (Å²) >= 11 is 9.29. The van der Waals surface area contributed by atoms with Crippen molar-refractivity contribution in [3.63, 3.8) is 0 Å². The summed E-state index contributed by atoms with van der Waals surface area (Å²) in [6, 6.07) is 0. The minimum atomic E-state index is 0.374. The zero-order chi connectivity index (χ0) is 11.7. The normalized spacial score (nSPS) is 13.2. The van der Waals surface area contributed by atoms with E-state index in [-0.39, 0.29) is 0 Å². The highest BCUT2D eigenvalue weighted by Crippen LogP contribution is 2.35. The molecule has 0 aromatic carbocycles. The summed E-state index contributed by atoms with van der Waals surface area (Å²) in [7, 11) is 0. The third-order valence-electron chi connectivity index (χ3n) is 2.46. The number of hydrogen-bond acceptors (Lipinski definition) is 4. The van der Waals surface area contributed by atoms with E-state index in [9.17, 15) is 0 Å². The Kier molecular flexibility index (Phi) is 3.72. The minimum Gasteiger partial charge on any atom is -0.229 e. The van der Waals surface area contributed by atoms with Crippen molar-refractivity contribution in [2.24, 2.45) is 0 Å². The predicted molar refractivity (Wildman–Crippen MR) is 72.9 cm³/mol. The van der Waals surface area contributed by atoms with E-state index >= 15 is 0 Å². The fraction of sp³-hybridized carbons (Fsp3) is 0.455. The lowest BCUT2D eigenvalue weighted by Crippen LogP contribution is -1.98. The number of nitrogens with zero attached hydrogens (tertiary/aromatic N) is 2. The molecule has 0 N–H and O–H groups in total. The fourth-order valence-corrected chi connectivity index (χ4v) is 3.63. The molecular weight excluding hydrogens is 260 g/mol. The molecule has 16 heavy (non-hydrogen) atoms. The van der Waals surface area contributed by atoms with Crippen LogP contribution >= 0.6 is 34.7 Å². The Hall–Kier alpha value is -0.320. The van der Waals surface area contributed by atoms with Gasteiger partial charge in [-0.2, -0.15) is 0 Å². The first kappa shape index (κ1) is 12.1. The number of rotatable bonds is 3. The summed E-state index contributed by atoms with van der Waals surface area (Å²) in [6.45, 7) is 6.37. The molecule has 1 atom stereocenters. The first-order chi connectivity index (χ1) is 7.63. The minimum absolute atomic E-state index is 0.374. The summed E-state index contributed by atoms with van der Waals surface area (Å²) in [4.78, 5) is 11.1. The lowest BCUT2D eigenvalue weighted by molar-refractivity contribution is 1.07. The molecule has 2 aromatic heterocycles. The van der Waals surface area contributed by atoms with Gasteiger partial charge in [-0.3, -0.25) is 0 Å². The van der Waals surface area contributed by atoms with E-state index in [0.29, 0.717) is 11.1 Å². The van der Waals surface area contributed by atoms with Crippen LogP contribution in [-0.4, -0.2) is 21.1 Å². The number of aromatic nitrogens is 2. The molecule has 86 valence electrons. The number of halogens is 1. The van der Waals surface area contributed by atoms with E-state index in [4.69, 9.17) is 11.6 Å². The molecular formula is C11H13ClN2S2. The van der Waals surface area contributed by atoms with Gasteiger partial charge in [0.2, 0.25) is 0 Å². The van der Waals surface area contributed by atoms with Crippen LogP contribution in [0.3, 0.4) is 0 Å². The average Bonchev–Trinajstić information content (AvgIpc) is 2.56. The number of thioether (sulfide) groups is 1.